The van der Waals surface area contributed by atoms with Gasteiger partial charge in [-0.05, 0) is 36.4 Å². The van der Waals surface area contributed by atoms with Crippen molar-refractivity contribution < 1.29 is 8.78 Å². The lowest BCUT2D eigenvalue weighted by Crippen LogP contribution is -2.18. The molecule has 0 unspecified atom stereocenters. The maximum absolute atomic E-state index is 13.6. The lowest BCUT2D eigenvalue weighted by Gasteiger charge is -2.17. The Labute approximate surface area is 117 Å². The van der Waals surface area contributed by atoms with Gasteiger partial charge in [-0.1, -0.05) is 24.3 Å². The predicted octanol–water partition coefficient (Wildman–Crippen LogP) is 3.06. The van der Waals surface area contributed by atoms with Crippen LogP contribution in [0.5, 0.6) is 0 Å². The summed E-state index contributed by atoms with van der Waals surface area (Å²) in [5.74, 6) is -0.797. The van der Waals surface area contributed by atoms with Crippen LogP contribution in [0, 0.1) is 11.6 Å². The van der Waals surface area contributed by atoms with Crippen LogP contribution in [0.2, 0.25) is 0 Å². The normalized spacial score (nSPS) is 11.1. The van der Waals surface area contributed by atoms with Crippen molar-refractivity contribution >= 4 is 0 Å². The number of nitrogens with zero attached hydrogens (tertiary/aromatic N) is 1. The van der Waals surface area contributed by atoms with Gasteiger partial charge in [0.05, 0.1) is 0 Å². The SMILES string of the molecule is CN(Cc1cccc(CN)c1)Cc1cc(F)ccc1F. The van der Waals surface area contributed by atoms with E-state index in [-0.39, 0.29) is 5.82 Å². The van der Waals surface area contributed by atoms with Gasteiger partial charge in [-0.15, -0.1) is 0 Å². The average molecular weight is 276 g/mol. The van der Waals surface area contributed by atoms with E-state index in [0.717, 1.165) is 23.3 Å². The van der Waals surface area contributed by atoms with Gasteiger partial charge < -0.3 is 5.73 Å². The van der Waals surface area contributed by atoms with Crippen LogP contribution in [-0.4, -0.2) is 11.9 Å². The number of nitrogens with two attached hydrogens (primary N) is 1. The number of halogens is 2. The fraction of sp³-hybridized carbons (Fsp3) is 0.250. The smallest absolute Gasteiger partial charge is 0.127 e. The molecule has 0 aliphatic rings. The zero-order chi connectivity index (χ0) is 14.5. The topological polar surface area (TPSA) is 29.3 Å². The third kappa shape index (κ3) is 3.85. The quantitative estimate of drug-likeness (QED) is 0.909. The van der Waals surface area contributed by atoms with Crippen molar-refractivity contribution in [2.45, 2.75) is 19.6 Å². The third-order valence-electron chi connectivity index (χ3n) is 3.13. The molecule has 0 aromatic heterocycles. The molecule has 0 bridgehead atoms. The van der Waals surface area contributed by atoms with Gasteiger partial charge in [0.2, 0.25) is 0 Å². The molecule has 2 aromatic carbocycles. The molecular formula is C16H18F2N2. The van der Waals surface area contributed by atoms with Crippen LogP contribution in [0.1, 0.15) is 16.7 Å². The van der Waals surface area contributed by atoms with Crippen molar-refractivity contribution in [2.75, 3.05) is 7.05 Å². The molecule has 2 aromatic rings. The van der Waals surface area contributed by atoms with Gasteiger partial charge >= 0.3 is 0 Å². The summed E-state index contributed by atoms with van der Waals surface area (Å²) in [6, 6.07) is 11.5. The largest absolute Gasteiger partial charge is 0.326 e. The van der Waals surface area contributed by atoms with Gasteiger partial charge in [0.25, 0.3) is 0 Å². The molecule has 20 heavy (non-hydrogen) atoms. The molecule has 4 heteroatoms. The molecule has 0 atom stereocenters. The van der Waals surface area contributed by atoms with Crippen LogP contribution in [0.15, 0.2) is 42.5 Å². The minimum Gasteiger partial charge on any atom is -0.326 e. The maximum atomic E-state index is 13.6. The van der Waals surface area contributed by atoms with E-state index < -0.39 is 5.82 Å². The van der Waals surface area contributed by atoms with Gasteiger partial charge in [-0.25, -0.2) is 8.78 Å². The summed E-state index contributed by atoms with van der Waals surface area (Å²) in [4.78, 5) is 1.94. The molecule has 0 fully saturated rings. The second kappa shape index (κ2) is 6.59. The first-order chi connectivity index (χ1) is 9.58. The Bertz CT molecular complexity index is 584. The fourth-order valence-electron chi connectivity index (χ4n) is 2.18. The first kappa shape index (κ1) is 14.6. The Balaban J connectivity index is 2.04. The molecule has 0 aliphatic heterocycles. The van der Waals surface area contributed by atoms with Crippen molar-refractivity contribution in [3.05, 3.63) is 70.8 Å². The molecule has 2 nitrogen and oxygen atoms in total. The van der Waals surface area contributed by atoms with E-state index in [1.54, 1.807) is 0 Å². The number of rotatable bonds is 5. The van der Waals surface area contributed by atoms with E-state index in [1.807, 2.05) is 36.2 Å². The molecule has 0 heterocycles. The summed E-state index contributed by atoms with van der Waals surface area (Å²) >= 11 is 0. The zero-order valence-corrected chi connectivity index (χ0v) is 11.4. The third-order valence-corrected chi connectivity index (χ3v) is 3.13. The predicted molar refractivity (Wildman–Crippen MR) is 75.9 cm³/mol. The first-order valence-electron chi connectivity index (χ1n) is 6.49. The Hall–Kier alpha value is -1.78. The number of hydrogen-bond donors (Lipinski definition) is 1. The Morgan fingerprint density at radius 1 is 1.00 bits per heavy atom. The van der Waals surface area contributed by atoms with Gasteiger partial charge in [0.15, 0.2) is 0 Å². The molecule has 2 rings (SSSR count). The molecule has 106 valence electrons. The summed E-state index contributed by atoms with van der Waals surface area (Å²) in [6.45, 7) is 1.51. The summed E-state index contributed by atoms with van der Waals surface area (Å²) in [6.07, 6.45) is 0. The maximum Gasteiger partial charge on any atom is 0.127 e. The first-order valence-corrected chi connectivity index (χ1v) is 6.49. The van der Waals surface area contributed by atoms with Crippen molar-refractivity contribution in [1.82, 2.24) is 4.90 Å². The van der Waals surface area contributed by atoms with E-state index in [4.69, 9.17) is 5.73 Å². The van der Waals surface area contributed by atoms with Crippen LogP contribution < -0.4 is 5.73 Å². The fourth-order valence-corrected chi connectivity index (χ4v) is 2.18. The second-order valence-electron chi connectivity index (χ2n) is 4.93. The van der Waals surface area contributed by atoms with Crippen molar-refractivity contribution in [3.63, 3.8) is 0 Å². The minimum absolute atomic E-state index is 0.358. The van der Waals surface area contributed by atoms with Crippen LogP contribution in [-0.2, 0) is 19.6 Å². The lowest BCUT2D eigenvalue weighted by atomic mass is 10.1. The molecule has 2 N–H and O–H groups in total. The van der Waals surface area contributed by atoms with Crippen LogP contribution in [0.3, 0.4) is 0 Å². The Kier molecular flexibility index (Phi) is 4.82. The highest BCUT2D eigenvalue weighted by molar-refractivity contribution is 5.23. The summed E-state index contributed by atoms with van der Waals surface area (Å²) in [5, 5.41) is 0. The van der Waals surface area contributed by atoms with Gasteiger partial charge in [-0.2, -0.15) is 0 Å². The van der Waals surface area contributed by atoms with E-state index in [2.05, 4.69) is 0 Å². The van der Waals surface area contributed by atoms with Crippen LogP contribution in [0.25, 0.3) is 0 Å². The molecular weight excluding hydrogens is 258 g/mol. The minimum atomic E-state index is -0.417. The van der Waals surface area contributed by atoms with Crippen molar-refractivity contribution in [2.24, 2.45) is 5.73 Å². The second-order valence-corrected chi connectivity index (χ2v) is 4.93. The number of hydrogen-bond acceptors (Lipinski definition) is 2. The molecule has 0 radical (unpaired) electrons. The standard InChI is InChI=1S/C16H18F2N2/c1-20(10-13-4-2-3-12(7-13)9-19)11-14-8-15(17)5-6-16(14)18/h2-8H,9-11,19H2,1H3. The van der Waals surface area contributed by atoms with Crippen molar-refractivity contribution in [1.29, 1.82) is 0 Å². The van der Waals surface area contributed by atoms with Gasteiger partial charge in [0.1, 0.15) is 11.6 Å². The summed E-state index contributed by atoms with van der Waals surface area (Å²) < 4.78 is 26.7. The van der Waals surface area contributed by atoms with E-state index >= 15 is 0 Å². The molecule has 0 saturated heterocycles. The Morgan fingerprint density at radius 3 is 2.50 bits per heavy atom. The van der Waals surface area contributed by atoms with Gasteiger partial charge in [0, 0.05) is 25.2 Å². The average Bonchev–Trinajstić information content (AvgIpc) is 2.43. The number of benzene rings is 2. The lowest BCUT2D eigenvalue weighted by molar-refractivity contribution is 0.313. The van der Waals surface area contributed by atoms with E-state index in [9.17, 15) is 8.78 Å². The zero-order valence-electron chi connectivity index (χ0n) is 11.4. The molecule has 0 saturated carbocycles. The highest BCUT2D eigenvalue weighted by Gasteiger charge is 2.08. The van der Waals surface area contributed by atoms with Gasteiger partial charge in [-0.3, -0.25) is 4.90 Å². The van der Waals surface area contributed by atoms with Crippen LogP contribution >= 0.6 is 0 Å². The highest BCUT2D eigenvalue weighted by Crippen LogP contribution is 2.14. The molecule has 0 amide bonds. The monoisotopic (exact) mass is 276 g/mol. The van der Waals surface area contributed by atoms with Crippen molar-refractivity contribution in [3.8, 4) is 0 Å². The summed E-state index contributed by atoms with van der Waals surface area (Å²) in [7, 11) is 1.87. The highest BCUT2D eigenvalue weighted by atomic mass is 19.1. The molecule has 0 spiro atoms. The van der Waals surface area contributed by atoms with E-state index in [0.29, 0.717) is 25.2 Å². The van der Waals surface area contributed by atoms with E-state index in [1.165, 1.54) is 6.07 Å². The Morgan fingerprint density at radius 2 is 1.75 bits per heavy atom. The van der Waals surface area contributed by atoms with Crippen LogP contribution in [0.4, 0.5) is 8.78 Å². The summed E-state index contributed by atoms with van der Waals surface area (Å²) in [5.41, 5.74) is 8.13. The molecule has 0 aliphatic carbocycles.